The number of esters is 1. The predicted molar refractivity (Wildman–Crippen MR) is 73.5 cm³/mol. The molecule has 1 atom stereocenters. The lowest BCUT2D eigenvalue weighted by Gasteiger charge is -2.17. The molecule has 0 saturated heterocycles. The molecule has 3 heteroatoms. The first-order chi connectivity index (χ1) is 8.71. The highest BCUT2D eigenvalue weighted by Crippen LogP contribution is 2.18. The zero-order valence-electron chi connectivity index (χ0n) is 11.5. The van der Waals surface area contributed by atoms with E-state index in [2.05, 4.69) is 36.5 Å². The maximum Gasteiger partial charge on any atom is 0.307 e. The van der Waals surface area contributed by atoms with Gasteiger partial charge in [-0.3, -0.25) is 4.79 Å². The first-order valence-corrected chi connectivity index (χ1v) is 6.69. The Labute approximate surface area is 110 Å². The van der Waals surface area contributed by atoms with E-state index in [0.29, 0.717) is 13.0 Å². The van der Waals surface area contributed by atoms with Gasteiger partial charge >= 0.3 is 5.97 Å². The van der Waals surface area contributed by atoms with Gasteiger partial charge in [-0.2, -0.15) is 0 Å². The molecule has 0 aliphatic carbocycles. The van der Waals surface area contributed by atoms with Crippen molar-refractivity contribution < 1.29 is 9.53 Å². The van der Waals surface area contributed by atoms with Crippen LogP contribution in [0, 0.1) is 0 Å². The van der Waals surface area contributed by atoms with E-state index < -0.39 is 0 Å². The smallest absolute Gasteiger partial charge is 0.307 e. The van der Waals surface area contributed by atoms with Crippen molar-refractivity contribution in [2.24, 2.45) is 0 Å². The Morgan fingerprint density at radius 1 is 1.22 bits per heavy atom. The number of ether oxygens (including phenoxy) is 1. The summed E-state index contributed by atoms with van der Waals surface area (Å²) in [6.45, 7) is 7.27. The maximum absolute atomic E-state index is 11.6. The third kappa shape index (κ3) is 4.49. The van der Waals surface area contributed by atoms with E-state index in [0.717, 1.165) is 18.5 Å². The number of hydrogen-bond acceptors (Lipinski definition) is 3. The van der Waals surface area contributed by atoms with Crippen LogP contribution in [0.15, 0.2) is 24.3 Å². The van der Waals surface area contributed by atoms with Crippen LogP contribution in [0.1, 0.15) is 44.4 Å². The number of hydrogen-bond donors (Lipinski definition) is 1. The van der Waals surface area contributed by atoms with Crippen molar-refractivity contribution in [2.45, 2.75) is 39.7 Å². The van der Waals surface area contributed by atoms with E-state index in [-0.39, 0.29) is 12.0 Å². The molecule has 100 valence electrons. The van der Waals surface area contributed by atoms with Gasteiger partial charge in [0.05, 0.1) is 13.0 Å². The normalized spacial score (nSPS) is 12.2. The molecule has 0 fully saturated rings. The summed E-state index contributed by atoms with van der Waals surface area (Å²) in [5, 5.41) is 3.32. The van der Waals surface area contributed by atoms with Crippen molar-refractivity contribution in [1.29, 1.82) is 0 Å². The van der Waals surface area contributed by atoms with E-state index in [9.17, 15) is 4.79 Å². The van der Waals surface area contributed by atoms with Crippen molar-refractivity contribution in [3.8, 4) is 0 Å². The Bertz CT molecular complexity index is 359. The fraction of sp³-hybridized carbons (Fsp3) is 0.533. The van der Waals surface area contributed by atoms with Crippen LogP contribution < -0.4 is 5.32 Å². The second-order valence-electron chi connectivity index (χ2n) is 4.21. The van der Waals surface area contributed by atoms with Crippen molar-refractivity contribution in [3.05, 3.63) is 35.4 Å². The van der Waals surface area contributed by atoms with Crippen LogP contribution >= 0.6 is 0 Å². The van der Waals surface area contributed by atoms with E-state index >= 15 is 0 Å². The lowest BCUT2D eigenvalue weighted by Crippen LogP contribution is -2.24. The van der Waals surface area contributed by atoms with Gasteiger partial charge in [-0.1, -0.05) is 38.1 Å². The molecule has 18 heavy (non-hydrogen) atoms. The fourth-order valence-electron chi connectivity index (χ4n) is 1.93. The highest BCUT2D eigenvalue weighted by Gasteiger charge is 2.15. The van der Waals surface area contributed by atoms with Crippen LogP contribution in [0.25, 0.3) is 0 Å². The topological polar surface area (TPSA) is 38.3 Å². The quantitative estimate of drug-likeness (QED) is 0.755. The monoisotopic (exact) mass is 249 g/mol. The molecule has 1 aromatic carbocycles. The van der Waals surface area contributed by atoms with E-state index in [1.54, 1.807) is 0 Å². The van der Waals surface area contributed by atoms with Crippen molar-refractivity contribution >= 4 is 5.97 Å². The summed E-state index contributed by atoms with van der Waals surface area (Å²) < 4.78 is 5.01. The molecule has 0 radical (unpaired) electrons. The summed E-state index contributed by atoms with van der Waals surface area (Å²) in [4.78, 5) is 11.6. The largest absolute Gasteiger partial charge is 0.466 e. The first kappa shape index (κ1) is 14.7. The van der Waals surface area contributed by atoms with E-state index in [1.807, 2.05) is 13.8 Å². The molecule has 3 nitrogen and oxygen atoms in total. The Morgan fingerprint density at radius 2 is 1.89 bits per heavy atom. The fourth-order valence-corrected chi connectivity index (χ4v) is 1.93. The summed E-state index contributed by atoms with van der Waals surface area (Å²) in [5.41, 5.74) is 2.45. The standard InChI is InChI=1S/C15H23NO2/c1-4-12-7-9-13(10-8-12)14(16-5-2)11-15(17)18-6-3/h7-10,14,16H,4-6,11H2,1-3H3. The summed E-state index contributed by atoms with van der Waals surface area (Å²) >= 11 is 0. The average Bonchev–Trinajstić information content (AvgIpc) is 2.39. The average molecular weight is 249 g/mol. The van der Waals surface area contributed by atoms with Crippen LogP contribution in [0.3, 0.4) is 0 Å². The second kappa shape index (κ2) is 7.88. The van der Waals surface area contributed by atoms with Gasteiger partial charge in [0, 0.05) is 6.04 Å². The molecule has 1 N–H and O–H groups in total. The van der Waals surface area contributed by atoms with Gasteiger partial charge in [0.25, 0.3) is 0 Å². The van der Waals surface area contributed by atoms with Crippen molar-refractivity contribution in [3.63, 3.8) is 0 Å². The maximum atomic E-state index is 11.6. The molecule has 0 aliphatic rings. The molecule has 1 unspecified atom stereocenters. The second-order valence-corrected chi connectivity index (χ2v) is 4.21. The number of benzene rings is 1. The Balaban J connectivity index is 2.72. The summed E-state index contributed by atoms with van der Waals surface area (Å²) in [7, 11) is 0. The van der Waals surface area contributed by atoms with Gasteiger partial charge in [-0.25, -0.2) is 0 Å². The zero-order chi connectivity index (χ0) is 13.4. The van der Waals surface area contributed by atoms with Crippen LogP contribution in [-0.2, 0) is 16.0 Å². The third-order valence-electron chi connectivity index (χ3n) is 2.92. The molecule has 0 heterocycles. The Kier molecular flexibility index (Phi) is 6.44. The van der Waals surface area contributed by atoms with Crippen molar-refractivity contribution in [1.82, 2.24) is 5.32 Å². The minimum absolute atomic E-state index is 0.0416. The number of aryl methyl sites for hydroxylation is 1. The lowest BCUT2D eigenvalue weighted by atomic mass is 10.0. The molecule has 0 amide bonds. The van der Waals surface area contributed by atoms with E-state index in [1.165, 1.54) is 5.56 Å². The number of nitrogens with one attached hydrogen (secondary N) is 1. The van der Waals surface area contributed by atoms with Crippen LogP contribution in [0.4, 0.5) is 0 Å². The van der Waals surface area contributed by atoms with Gasteiger partial charge in [0.15, 0.2) is 0 Å². The number of rotatable bonds is 7. The lowest BCUT2D eigenvalue weighted by molar-refractivity contribution is -0.143. The molecule has 1 rings (SSSR count). The van der Waals surface area contributed by atoms with Gasteiger partial charge < -0.3 is 10.1 Å². The summed E-state index contributed by atoms with van der Waals surface area (Å²) in [5.74, 6) is -0.150. The van der Waals surface area contributed by atoms with Gasteiger partial charge in [0.1, 0.15) is 0 Å². The van der Waals surface area contributed by atoms with Crippen LogP contribution in [-0.4, -0.2) is 19.1 Å². The van der Waals surface area contributed by atoms with Gasteiger partial charge in [-0.15, -0.1) is 0 Å². The van der Waals surface area contributed by atoms with Gasteiger partial charge in [-0.05, 0) is 31.0 Å². The SMILES string of the molecule is CCNC(CC(=O)OCC)c1ccc(CC)cc1. The van der Waals surface area contributed by atoms with E-state index in [4.69, 9.17) is 4.74 Å². The van der Waals surface area contributed by atoms with Gasteiger partial charge in [0.2, 0.25) is 0 Å². The highest BCUT2D eigenvalue weighted by atomic mass is 16.5. The highest BCUT2D eigenvalue weighted by molar-refractivity contribution is 5.70. The molecular weight excluding hydrogens is 226 g/mol. The molecule has 0 aliphatic heterocycles. The predicted octanol–water partition coefficient (Wildman–Crippen LogP) is 2.85. The first-order valence-electron chi connectivity index (χ1n) is 6.69. The van der Waals surface area contributed by atoms with Crippen LogP contribution in [0.2, 0.25) is 0 Å². The molecule has 0 saturated carbocycles. The molecule has 0 spiro atoms. The molecule has 0 bridgehead atoms. The third-order valence-corrected chi connectivity index (χ3v) is 2.92. The van der Waals surface area contributed by atoms with Crippen LogP contribution in [0.5, 0.6) is 0 Å². The Morgan fingerprint density at radius 3 is 2.39 bits per heavy atom. The molecular formula is C15H23NO2. The number of carbonyl (C=O) groups is 1. The minimum atomic E-state index is -0.150. The number of carbonyl (C=O) groups excluding carboxylic acids is 1. The minimum Gasteiger partial charge on any atom is -0.466 e. The Hall–Kier alpha value is -1.35. The molecule has 0 aromatic heterocycles. The zero-order valence-corrected chi connectivity index (χ0v) is 11.5. The summed E-state index contributed by atoms with van der Waals surface area (Å²) in [6.07, 6.45) is 1.41. The summed E-state index contributed by atoms with van der Waals surface area (Å²) in [6, 6.07) is 8.45. The molecule has 1 aromatic rings. The van der Waals surface area contributed by atoms with Crippen molar-refractivity contribution in [2.75, 3.05) is 13.2 Å².